The van der Waals surface area contributed by atoms with E-state index in [1.165, 1.54) is 12.3 Å². The quantitative estimate of drug-likeness (QED) is 0.875. The van der Waals surface area contributed by atoms with Crippen molar-refractivity contribution in [3.63, 3.8) is 0 Å². The Morgan fingerprint density at radius 1 is 1.41 bits per heavy atom. The van der Waals surface area contributed by atoms with E-state index in [-0.39, 0.29) is 5.75 Å². The van der Waals surface area contributed by atoms with Crippen molar-refractivity contribution in [2.45, 2.75) is 6.61 Å². The Labute approximate surface area is 104 Å². The second-order valence-corrected chi connectivity index (χ2v) is 4.11. The fourth-order valence-corrected chi connectivity index (χ4v) is 1.90. The summed E-state index contributed by atoms with van der Waals surface area (Å²) in [5.74, 6) is 0.0239. The first-order valence-corrected chi connectivity index (χ1v) is 5.46. The number of nitrogens with zero attached hydrogens (tertiary/aromatic N) is 3. The monoisotopic (exact) mass is 303 g/mol. The summed E-state index contributed by atoms with van der Waals surface area (Å²) in [6.45, 7) is -2.84. The van der Waals surface area contributed by atoms with Crippen LogP contribution >= 0.6 is 15.9 Å². The predicted octanol–water partition coefficient (Wildman–Crippen LogP) is 2.85. The van der Waals surface area contributed by atoms with Crippen LogP contribution in [0.1, 0.15) is 0 Å². The molecule has 0 aliphatic rings. The lowest BCUT2D eigenvalue weighted by Gasteiger charge is -2.03. The summed E-state index contributed by atoms with van der Waals surface area (Å²) in [4.78, 5) is 4.01. The third-order valence-corrected chi connectivity index (χ3v) is 2.57. The van der Waals surface area contributed by atoms with Gasteiger partial charge in [0.1, 0.15) is 11.4 Å². The molecule has 0 saturated heterocycles. The summed E-state index contributed by atoms with van der Waals surface area (Å²) in [6.07, 6.45) is 3.02. The van der Waals surface area contributed by atoms with Gasteiger partial charge < -0.3 is 4.74 Å². The van der Waals surface area contributed by atoms with Gasteiger partial charge in [-0.25, -0.2) is 0 Å². The van der Waals surface area contributed by atoms with E-state index in [1.807, 2.05) is 0 Å². The lowest BCUT2D eigenvalue weighted by molar-refractivity contribution is -0.0500. The Morgan fingerprint density at radius 2 is 2.18 bits per heavy atom. The van der Waals surface area contributed by atoms with Crippen molar-refractivity contribution in [1.82, 2.24) is 14.8 Å². The van der Waals surface area contributed by atoms with Crippen molar-refractivity contribution >= 4 is 15.9 Å². The molecule has 0 N–H and O–H groups in total. The van der Waals surface area contributed by atoms with E-state index in [0.29, 0.717) is 11.4 Å². The van der Waals surface area contributed by atoms with Crippen LogP contribution in [-0.4, -0.2) is 21.4 Å². The molecule has 90 valence electrons. The molecule has 0 unspecified atom stereocenters. The molecule has 4 nitrogen and oxygen atoms in total. The molecule has 2 aromatic rings. The zero-order valence-corrected chi connectivity index (χ0v) is 10.4. The van der Waals surface area contributed by atoms with E-state index in [2.05, 4.69) is 30.7 Å². The lowest BCUT2D eigenvalue weighted by atomic mass is 10.3. The molecule has 0 saturated carbocycles. The van der Waals surface area contributed by atoms with Crippen molar-refractivity contribution in [2.24, 2.45) is 7.05 Å². The highest BCUT2D eigenvalue weighted by atomic mass is 79.9. The van der Waals surface area contributed by atoms with Crippen molar-refractivity contribution in [2.75, 3.05) is 0 Å². The maximum absolute atomic E-state index is 11.9. The Hall–Kier alpha value is -1.50. The number of aromatic nitrogens is 3. The number of hydrogen-bond donors (Lipinski definition) is 0. The highest BCUT2D eigenvalue weighted by Gasteiger charge is 2.10. The highest BCUT2D eigenvalue weighted by Crippen LogP contribution is 2.25. The number of hydrogen-bond acceptors (Lipinski definition) is 3. The van der Waals surface area contributed by atoms with E-state index in [0.717, 1.165) is 4.47 Å². The molecule has 0 atom stereocenters. The molecule has 0 aromatic carbocycles. The van der Waals surface area contributed by atoms with Gasteiger partial charge in [-0.2, -0.15) is 13.9 Å². The van der Waals surface area contributed by atoms with Crippen LogP contribution in [0.2, 0.25) is 0 Å². The molecule has 0 aliphatic carbocycles. The number of halogens is 3. The Morgan fingerprint density at radius 3 is 2.65 bits per heavy atom. The Kier molecular flexibility index (Phi) is 3.37. The van der Waals surface area contributed by atoms with Gasteiger partial charge in [-0.3, -0.25) is 9.67 Å². The summed E-state index contributed by atoms with van der Waals surface area (Å²) in [6, 6.07) is 3.00. The molecule has 0 bridgehead atoms. The maximum Gasteiger partial charge on any atom is 0.387 e. The van der Waals surface area contributed by atoms with Gasteiger partial charge in [-0.1, -0.05) is 0 Å². The molecule has 0 fully saturated rings. The van der Waals surface area contributed by atoms with E-state index >= 15 is 0 Å². The Bertz CT molecular complexity index is 513. The minimum atomic E-state index is -2.84. The smallest absolute Gasteiger partial charge is 0.387 e. The van der Waals surface area contributed by atoms with Crippen LogP contribution in [-0.2, 0) is 7.05 Å². The summed E-state index contributed by atoms with van der Waals surface area (Å²) in [5, 5.41) is 4.19. The van der Waals surface area contributed by atoms with Gasteiger partial charge in [0.15, 0.2) is 0 Å². The third-order valence-electron chi connectivity index (χ3n) is 1.99. The molecule has 2 heterocycles. The number of rotatable bonds is 3. The SMILES string of the molecule is Cn1cc(Br)c(-c2ccc(OC(F)F)cn2)n1. The topological polar surface area (TPSA) is 39.9 Å². The molecule has 0 spiro atoms. The van der Waals surface area contributed by atoms with Gasteiger partial charge in [-0.05, 0) is 28.1 Å². The number of aryl methyl sites for hydroxylation is 1. The standard InChI is InChI=1S/C10H8BrF2N3O/c1-16-5-7(11)9(15-16)8-3-2-6(4-14-8)17-10(12)13/h2-5,10H,1H3. The number of ether oxygens (including phenoxy) is 1. The van der Waals surface area contributed by atoms with Crippen molar-refractivity contribution in [1.29, 1.82) is 0 Å². The van der Waals surface area contributed by atoms with Gasteiger partial charge >= 0.3 is 6.61 Å². The second kappa shape index (κ2) is 4.79. The van der Waals surface area contributed by atoms with Gasteiger partial charge in [0, 0.05) is 13.2 Å². The molecular formula is C10H8BrF2N3O. The Balaban J connectivity index is 2.26. The largest absolute Gasteiger partial charge is 0.433 e. The summed E-state index contributed by atoms with van der Waals surface area (Å²) in [5.41, 5.74) is 1.23. The van der Waals surface area contributed by atoms with Crippen LogP contribution < -0.4 is 4.74 Å². The third kappa shape index (κ3) is 2.79. The van der Waals surface area contributed by atoms with Gasteiger partial charge in [0.05, 0.1) is 16.4 Å². The van der Waals surface area contributed by atoms with Crippen molar-refractivity contribution < 1.29 is 13.5 Å². The van der Waals surface area contributed by atoms with Gasteiger partial charge in [0.25, 0.3) is 0 Å². The molecule has 0 radical (unpaired) electrons. The van der Waals surface area contributed by atoms with Crippen molar-refractivity contribution in [3.8, 4) is 17.1 Å². The first-order valence-electron chi connectivity index (χ1n) is 4.66. The number of pyridine rings is 1. The van der Waals surface area contributed by atoms with Crippen LogP contribution in [0.4, 0.5) is 8.78 Å². The fourth-order valence-electron chi connectivity index (χ4n) is 1.33. The minimum absolute atomic E-state index is 0.0239. The highest BCUT2D eigenvalue weighted by molar-refractivity contribution is 9.10. The molecule has 0 amide bonds. The van der Waals surface area contributed by atoms with Crippen molar-refractivity contribution in [3.05, 3.63) is 29.0 Å². The first kappa shape index (κ1) is 12.0. The molecule has 0 aliphatic heterocycles. The normalized spacial score (nSPS) is 10.9. The molecule has 2 aromatic heterocycles. The van der Waals surface area contributed by atoms with Crippen LogP contribution in [0.15, 0.2) is 29.0 Å². The molecular weight excluding hydrogens is 296 g/mol. The van der Waals surface area contributed by atoms with Gasteiger partial charge in [-0.15, -0.1) is 0 Å². The summed E-state index contributed by atoms with van der Waals surface area (Å²) < 4.78 is 30.5. The predicted molar refractivity (Wildman–Crippen MR) is 60.8 cm³/mol. The number of alkyl halides is 2. The van der Waals surface area contributed by atoms with E-state index < -0.39 is 6.61 Å². The molecule has 17 heavy (non-hydrogen) atoms. The van der Waals surface area contributed by atoms with E-state index in [4.69, 9.17) is 0 Å². The van der Waals surface area contributed by atoms with Crippen LogP contribution in [0.25, 0.3) is 11.4 Å². The van der Waals surface area contributed by atoms with Crippen LogP contribution in [0, 0.1) is 0 Å². The zero-order chi connectivity index (χ0) is 12.4. The molecule has 2 rings (SSSR count). The van der Waals surface area contributed by atoms with E-state index in [9.17, 15) is 8.78 Å². The first-order chi connectivity index (χ1) is 8.06. The lowest BCUT2D eigenvalue weighted by Crippen LogP contribution is -2.02. The minimum Gasteiger partial charge on any atom is -0.433 e. The molecule has 7 heteroatoms. The van der Waals surface area contributed by atoms with Crippen LogP contribution in [0.5, 0.6) is 5.75 Å². The zero-order valence-electron chi connectivity index (χ0n) is 8.77. The maximum atomic E-state index is 11.9. The average molecular weight is 304 g/mol. The van der Waals surface area contributed by atoms with Crippen LogP contribution in [0.3, 0.4) is 0 Å². The fraction of sp³-hybridized carbons (Fsp3) is 0.200. The summed E-state index contributed by atoms with van der Waals surface area (Å²) >= 11 is 3.34. The average Bonchev–Trinajstić information content (AvgIpc) is 2.58. The second-order valence-electron chi connectivity index (χ2n) is 3.26. The van der Waals surface area contributed by atoms with E-state index in [1.54, 1.807) is 24.0 Å². The summed E-state index contributed by atoms with van der Waals surface area (Å²) in [7, 11) is 1.78. The van der Waals surface area contributed by atoms with Gasteiger partial charge in [0.2, 0.25) is 0 Å².